The lowest BCUT2D eigenvalue weighted by Gasteiger charge is -2.42. The molecular formula is C30H29N5O6. The van der Waals surface area contributed by atoms with Crippen molar-refractivity contribution in [1.29, 1.82) is 0 Å². The van der Waals surface area contributed by atoms with Gasteiger partial charge in [-0.15, -0.1) is 0 Å². The summed E-state index contributed by atoms with van der Waals surface area (Å²) in [6.07, 6.45) is 3.89. The number of amides is 1. The molecule has 3 aromatic heterocycles. The highest BCUT2D eigenvalue weighted by Gasteiger charge is 2.35. The Kier molecular flexibility index (Phi) is 7.10. The molecule has 11 nitrogen and oxygen atoms in total. The van der Waals surface area contributed by atoms with Crippen LogP contribution < -0.4 is 21.5 Å². The zero-order valence-electron chi connectivity index (χ0n) is 22.2. The molecule has 3 unspecified atom stereocenters. The van der Waals surface area contributed by atoms with Crippen molar-refractivity contribution in [2.45, 2.75) is 37.8 Å². The Balaban J connectivity index is 1.29. The third-order valence-electron chi connectivity index (χ3n) is 7.67. The molecule has 5 heterocycles. The first kappa shape index (κ1) is 26.5. The maximum atomic E-state index is 12.9. The van der Waals surface area contributed by atoms with E-state index in [1.165, 1.54) is 6.07 Å². The van der Waals surface area contributed by atoms with Gasteiger partial charge in [0.1, 0.15) is 11.5 Å². The fourth-order valence-electron chi connectivity index (χ4n) is 6.02. The number of rotatable bonds is 8. The summed E-state index contributed by atoms with van der Waals surface area (Å²) in [5.74, 6) is -0.803. The number of carbonyl (C=O) groups excluding carboxylic acids is 1. The minimum Gasteiger partial charge on any atom is -0.502 e. The van der Waals surface area contributed by atoms with Gasteiger partial charge < -0.3 is 24.6 Å². The van der Waals surface area contributed by atoms with Gasteiger partial charge in [0.05, 0.1) is 12.5 Å². The standard InChI is InChI=1S/C30H29N5O6/c31-26(37)13-23(19-4-1-5-21(11-19)41-30-32-8-3-9-33-30)29-28(39)25(36)12-22(40-29)17-34-14-18-10-20(16-34)24-6-2-7-27(38)35(24)15-18/h1-9,11-12,18,20,23,39H,10,13-17H2,(H2,31,37). The van der Waals surface area contributed by atoms with Crippen molar-refractivity contribution in [3.05, 3.63) is 110 Å². The monoisotopic (exact) mass is 555 g/mol. The summed E-state index contributed by atoms with van der Waals surface area (Å²) in [6, 6.07) is 15.3. The summed E-state index contributed by atoms with van der Waals surface area (Å²) in [5.41, 5.74) is 6.58. The Hall–Kier alpha value is -4.77. The Morgan fingerprint density at radius 2 is 1.88 bits per heavy atom. The lowest BCUT2D eigenvalue weighted by Crippen LogP contribution is -2.46. The van der Waals surface area contributed by atoms with Crippen LogP contribution in [0.1, 0.15) is 47.5 Å². The minimum atomic E-state index is -0.833. The summed E-state index contributed by atoms with van der Waals surface area (Å²) in [5, 5.41) is 10.8. The van der Waals surface area contributed by atoms with Crippen LogP contribution in [0.25, 0.3) is 0 Å². The van der Waals surface area contributed by atoms with Gasteiger partial charge in [-0.05, 0) is 42.2 Å². The number of aromatic nitrogens is 3. The van der Waals surface area contributed by atoms with E-state index in [2.05, 4.69) is 14.9 Å². The van der Waals surface area contributed by atoms with E-state index in [0.29, 0.717) is 42.6 Å². The van der Waals surface area contributed by atoms with E-state index in [4.69, 9.17) is 14.9 Å². The third-order valence-corrected chi connectivity index (χ3v) is 7.67. The molecule has 0 saturated carbocycles. The van der Waals surface area contributed by atoms with Crippen LogP contribution in [0.2, 0.25) is 0 Å². The number of pyridine rings is 1. The molecule has 3 atom stereocenters. The number of primary amides is 1. The second-order valence-corrected chi connectivity index (χ2v) is 10.6. The molecule has 2 aliphatic heterocycles. The molecule has 4 aromatic rings. The molecule has 1 amide bonds. The number of carbonyl (C=O) groups is 1. The first-order valence-corrected chi connectivity index (χ1v) is 13.4. The van der Waals surface area contributed by atoms with Crippen molar-refractivity contribution in [3.8, 4) is 17.5 Å². The molecule has 2 bridgehead atoms. The van der Waals surface area contributed by atoms with Crippen molar-refractivity contribution in [3.63, 3.8) is 0 Å². The Bertz CT molecular complexity index is 1700. The van der Waals surface area contributed by atoms with Crippen molar-refractivity contribution in [2.75, 3.05) is 13.1 Å². The van der Waals surface area contributed by atoms with Gasteiger partial charge in [0, 0.05) is 62.2 Å². The number of ether oxygens (including phenoxy) is 1. The molecule has 0 aliphatic carbocycles. The number of piperidine rings is 1. The van der Waals surface area contributed by atoms with Gasteiger partial charge in [-0.25, -0.2) is 9.97 Å². The first-order valence-electron chi connectivity index (χ1n) is 13.4. The molecule has 0 radical (unpaired) electrons. The zero-order valence-corrected chi connectivity index (χ0v) is 22.2. The van der Waals surface area contributed by atoms with Gasteiger partial charge in [0.15, 0.2) is 5.76 Å². The maximum Gasteiger partial charge on any atom is 0.321 e. The molecular weight excluding hydrogens is 526 g/mol. The van der Waals surface area contributed by atoms with E-state index < -0.39 is 23.0 Å². The highest BCUT2D eigenvalue weighted by atomic mass is 16.5. The van der Waals surface area contributed by atoms with Gasteiger partial charge in [0.25, 0.3) is 5.56 Å². The molecule has 11 heteroatoms. The lowest BCUT2D eigenvalue weighted by molar-refractivity contribution is -0.118. The summed E-state index contributed by atoms with van der Waals surface area (Å²) in [7, 11) is 0. The van der Waals surface area contributed by atoms with Crippen LogP contribution >= 0.6 is 0 Å². The average Bonchev–Trinajstić information content (AvgIpc) is 2.95. The third kappa shape index (κ3) is 5.62. The van der Waals surface area contributed by atoms with Crippen LogP contribution in [0.15, 0.2) is 81.0 Å². The van der Waals surface area contributed by atoms with Crippen LogP contribution in [0.5, 0.6) is 17.5 Å². The smallest absolute Gasteiger partial charge is 0.321 e. The first-order chi connectivity index (χ1) is 19.8. The van der Waals surface area contributed by atoms with Crippen LogP contribution in [-0.4, -0.2) is 43.5 Å². The van der Waals surface area contributed by atoms with Crippen LogP contribution in [0.3, 0.4) is 0 Å². The fraction of sp³-hybridized carbons (Fsp3) is 0.300. The van der Waals surface area contributed by atoms with Gasteiger partial charge >= 0.3 is 6.01 Å². The van der Waals surface area contributed by atoms with Gasteiger partial charge in [-0.3, -0.25) is 19.3 Å². The minimum absolute atomic E-state index is 0.0195. The summed E-state index contributed by atoms with van der Waals surface area (Å²) < 4.78 is 13.8. The van der Waals surface area contributed by atoms with Crippen molar-refractivity contribution < 1.29 is 19.1 Å². The SMILES string of the molecule is NC(=O)CC(c1cccc(Oc2ncccn2)c1)c1oc(CN2CC3CC(C2)c2cccc(=O)n2C3)cc(=O)c1O. The Morgan fingerprint density at radius 3 is 2.68 bits per heavy atom. The molecule has 6 rings (SSSR count). The normalized spacial score (nSPS) is 18.8. The van der Waals surface area contributed by atoms with Crippen molar-refractivity contribution in [1.82, 2.24) is 19.4 Å². The van der Waals surface area contributed by atoms with Crippen molar-refractivity contribution in [2.24, 2.45) is 11.7 Å². The Morgan fingerprint density at radius 1 is 1.07 bits per heavy atom. The maximum absolute atomic E-state index is 12.9. The van der Waals surface area contributed by atoms with E-state index in [9.17, 15) is 19.5 Å². The quantitative estimate of drug-likeness (QED) is 0.334. The summed E-state index contributed by atoms with van der Waals surface area (Å²) >= 11 is 0. The fourth-order valence-corrected chi connectivity index (χ4v) is 6.02. The van der Waals surface area contributed by atoms with Crippen LogP contribution in [0.4, 0.5) is 0 Å². The average molecular weight is 556 g/mol. The molecule has 1 saturated heterocycles. The number of likely N-dealkylation sites (tertiary alicyclic amines) is 1. The number of nitrogens with zero attached hydrogens (tertiary/aromatic N) is 4. The van der Waals surface area contributed by atoms with E-state index in [0.717, 1.165) is 18.7 Å². The lowest BCUT2D eigenvalue weighted by atomic mass is 9.83. The van der Waals surface area contributed by atoms with Crippen molar-refractivity contribution >= 4 is 5.91 Å². The molecule has 3 N–H and O–H groups in total. The van der Waals surface area contributed by atoms with Gasteiger partial charge in [-0.1, -0.05) is 18.2 Å². The molecule has 1 aromatic carbocycles. The van der Waals surface area contributed by atoms with E-state index in [1.54, 1.807) is 54.9 Å². The zero-order chi connectivity index (χ0) is 28.5. The molecule has 0 spiro atoms. The number of aromatic hydroxyl groups is 1. The summed E-state index contributed by atoms with van der Waals surface area (Å²) in [4.78, 5) is 47.7. The number of fused-ring (bicyclic) bond motifs is 4. The van der Waals surface area contributed by atoms with Gasteiger partial charge in [0.2, 0.25) is 17.1 Å². The molecule has 210 valence electrons. The highest BCUT2D eigenvalue weighted by molar-refractivity contribution is 5.75. The van der Waals surface area contributed by atoms with E-state index >= 15 is 0 Å². The molecule has 2 aliphatic rings. The number of hydrogen-bond donors (Lipinski definition) is 2. The number of benzene rings is 1. The van der Waals surface area contributed by atoms with Crippen LogP contribution in [0, 0.1) is 5.92 Å². The predicted molar refractivity (Wildman–Crippen MR) is 148 cm³/mol. The van der Waals surface area contributed by atoms with Gasteiger partial charge in [-0.2, -0.15) is 0 Å². The predicted octanol–water partition coefficient (Wildman–Crippen LogP) is 2.72. The molecule has 41 heavy (non-hydrogen) atoms. The second kappa shape index (κ2) is 11.0. The van der Waals surface area contributed by atoms with E-state index in [1.807, 2.05) is 10.6 Å². The largest absolute Gasteiger partial charge is 0.502 e. The Labute approximate surface area is 234 Å². The van der Waals surface area contributed by atoms with Crippen LogP contribution in [-0.2, 0) is 17.9 Å². The topological polar surface area (TPSA) is 154 Å². The highest BCUT2D eigenvalue weighted by Crippen LogP contribution is 2.37. The molecule has 1 fully saturated rings. The second-order valence-electron chi connectivity index (χ2n) is 10.6. The summed E-state index contributed by atoms with van der Waals surface area (Å²) in [6.45, 7) is 2.43. The number of hydrogen-bond acceptors (Lipinski definition) is 9. The van der Waals surface area contributed by atoms with E-state index in [-0.39, 0.29) is 29.7 Å². The number of nitrogens with two attached hydrogens (primary N) is 1.